The van der Waals surface area contributed by atoms with E-state index in [-0.39, 0.29) is 18.5 Å². The van der Waals surface area contributed by atoms with Gasteiger partial charge in [-0.2, -0.15) is 0 Å². The van der Waals surface area contributed by atoms with Gasteiger partial charge in [0.2, 0.25) is 0 Å². The van der Waals surface area contributed by atoms with Crippen molar-refractivity contribution >= 4 is 27.9 Å². The average Bonchev–Trinajstić information content (AvgIpc) is 2.80. The number of halogens is 1. The molecule has 1 saturated heterocycles. The van der Waals surface area contributed by atoms with Gasteiger partial charge in [0.25, 0.3) is 5.91 Å². The number of urea groups is 1. The van der Waals surface area contributed by atoms with Gasteiger partial charge in [0, 0.05) is 10.9 Å². The van der Waals surface area contributed by atoms with E-state index in [4.69, 9.17) is 4.74 Å². The van der Waals surface area contributed by atoms with Gasteiger partial charge in [-0.05, 0) is 36.2 Å². The third-order valence-corrected chi connectivity index (χ3v) is 4.86. The summed E-state index contributed by atoms with van der Waals surface area (Å²) in [7, 11) is 1.59. The molecule has 0 aromatic heterocycles. The van der Waals surface area contributed by atoms with Crippen molar-refractivity contribution in [2.24, 2.45) is 0 Å². The molecule has 0 unspecified atom stereocenters. The van der Waals surface area contributed by atoms with Crippen LogP contribution >= 0.6 is 15.9 Å². The Bertz CT molecular complexity index is 807. The number of hydrogen-bond donors (Lipinski definition) is 1. The molecule has 5 nitrogen and oxygen atoms in total. The smallest absolute Gasteiger partial charge is 0.325 e. The molecule has 0 spiro atoms. The van der Waals surface area contributed by atoms with E-state index in [1.807, 2.05) is 48.5 Å². The minimum Gasteiger partial charge on any atom is -0.496 e. The molecule has 1 N–H and O–H groups in total. The summed E-state index contributed by atoms with van der Waals surface area (Å²) in [6, 6.07) is 14.7. The SMILES string of the molecule is COc1ccccc1C[C@@]1(C)NC(=O)N(Cc2ccc(Br)cc2)C1=O. The van der Waals surface area contributed by atoms with Crippen molar-refractivity contribution in [3.63, 3.8) is 0 Å². The van der Waals surface area contributed by atoms with Crippen LogP contribution in [0.25, 0.3) is 0 Å². The molecule has 2 aromatic carbocycles. The van der Waals surface area contributed by atoms with Crippen molar-refractivity contribution in [2.45, 2.75) is 25.4 Å². The van der Waals surface area contributed by atoms with Gasteiger partial charge in [0.05, 0.1) is 13.7 Å². The number of ether oxygens (including phenoxy) is 1. The van der Waals surface area contributed by atoms with Gasteiger partial charge in [-0.25, -0.2) is 4.79 Å². The lowest BCUT2D eigenvalue weighted by molar-refractivity contribution is -0.131. The maximum absolute atomic E-state index is 12.9. The lowest BCUT2D eigenvalue weighted by Gasteiger charge is -2.23. The summed E-state index contributed by atoms with van der Waals surface area (Å²) in [6.07, 6.45) is 0.373. The fourth-order valence-electron chi connectivity index (χ4n) is 3.01. The van der Waals surface area contributed by atoms with E-state index in [1.165, 1.54) is 4.90 Å². The number of methoxy groups -OCH3 is 1. The molecule has 3 amide bonds. The van der Waals surface area contributed by atoms with Gasteiger partial charge in [-0.15, -0.1) is 0 Å². The second-order valence-corrected chi connectivity index (χ2v) is 7.18. The van der Waals surface area contributed by atoms with Crippen LogP contribution in [0, 0.1) is 0 Å². The van der Waals surface area contributed by atoms with Crippen LogP contribution in [0.3, 0.4) is 0 Å². The molecule has 6 heteroatoms. The quantitative estimate of drug-likeness (QED) is 0.778. The number of nitrogens with zero attached hydrogens (tertiary/aromatic N) is 1. The summed E-state index contributed by atoms with van der Waals surface area (Å²) >= 11 is 3.38. The molecule has 1 heterocycles. The van der Waals surface area contributed by atoms with Crippen LogP contribution in [0.1, 0.15) is 18.1 Å². The fourth-order valence-corrected chi connectivity index (χ4v) is 3.28. The van der Waals surface area contributed by atoms with Gasteiger partial charge in [-0.3, -0.25) is 9.69 Å². The van der Waals surface area contributed by atoms with E-state index in [1.54, 1.807) is 14.0 Å². The highest BCUT2D eigenvalue weighted by Gasteiger charge is 2.47. The first-order valence-corrected chi connectivity index (χ1v) is 8.73. The van der Waals surface area contributed by atoms with Gasteiger partial charge in [-0.1, -0.05) is 46.3 Å². The van der Waals surface area contributed by atoms with Gasteiger partial charge < -0.3 is 10.1 Å². The third kappa shape index (κ3) is 3.54. The first-order valence-electron chi connectivity index (χ1n) is 7.93. The second-order valence-electron chi connectivity index (χ2n) is 6.27. The maximum Gasteiger partial charge on any atom is 0.325 e. The molecule has 2 aromatic rings. The lowest BCUT2D eigenvalue weighted by Crippen LogP contribution is -2.46. The monoisotopic (exact) mass is 402 g/mol. The molecule has 3 rings (SSSR count). The van der Waals surface area contributed by atoms with Crippen molar-refractivity contribution in [1.82, 2.24) is 10.2 Å². The standard InChI is InChI=1S/C19H19BrN2O3/c1-19(11-14-5-3-4-6-16(14)25-2)17(23)22(18(24)21-19)12-13-7-9-15(20)10-8-13/h3-10H,11-12H2,1-2H3,(H,21,24)/t19-/m1/s1. The Kier molecular flexibility index (Phi) is 4.81. The van der Waals surface area contributed by atoms with E-state index >= 15 is 0 Å². The van der Waals surface area contributed by atoms with Crippen LogP contribution in [-0.2, 0) is 17.8 Å². The number of benzene rings is 2. The Morgan fingerprint density at radius 1 is 1.12 bits per heavy atom. The Morgan fingerprint density at radius 3 is 2.48 bits per heavy atom. The summed E-state index contributed by atoms with van der Waals surface area (Å²) < 4.78 is 6.31. The fraction of sp³-hybridized carbons (Fsp3) is 0.263. The lowest BCUT2D eigenvalue weighted by atomic mass is 9.92. The minimum absolute atomic E-state index is 0.230. The molecule has 25 heavy (non-hydrogen) atoms. The van der Waals surface area contributed by atoms with Crippen LogP contribution in [0.5, 0.6) is 5.75 Å². The predicted octanol–water partition coefficient (Wildman–Crippen LogP) is 3.51. The largest absolute Gasteiger partial charge is 0.496 e. The number of para-hydroxylation sites is 1. The van der Waals surface area contributed by atoms with Gasteiger partial charge in [0.15, 0.2) is 0 Å². The summed E-state index contributed by atoms with van der Waals surface area (Å²) in [6.45, 7) is 2.00. The Morgan fingerprint density at radius 2 is 1.80 bits per heavy atom. The molecule has 1 aliphatic heterocycles. The van der Waals surface area contributed by atoms with Crippen LogP contribution in [-0.4, -0.2) is 29.5 Å². The number of rotatable bonds is 5. The molecule has 1 aliphatic rings. The molecular weight excluding hydrogens is 384 g/mol. The average molecular weight is 403 g/mol. The summed E-state index contributed by atoms with van der Waals surface area (Å²) in [5.74, 6) is 0.475. The molecule has 1 fully saturated rings. The Hall–Kier alpha value is -2.34. The van der Waals surface area contributed by atoms with Crippen LogP contribution in [0.4, 0.5) is 4.79 Å². The van der Waals surface area contributed by atoms with E-state index in [9.17, 15) is 9.59 Å². The van der Waals surface area contributed by atoms with Crippen molar-refractivity contribution in [1.29, 1.82) is 0 Å². The number of nitrogens with one attached hydrogen (secondary N) is 1. The van der Waals surface area contributed by atoms with Crippen molar-refractivity contribution in [2.75, 3.05) is 7.11 Å². The molecule has 0 bridgehead atoms. The molecule has 0 radical (unpaired) electrons. The number of amides is 3. The zero-order chi connectivity index (χ0) is 18.0. The third-order valence-electron chi connectivity index (χ3n) is 4.34. The second kappa shape index (κ2) is 6.88. The molecule has 1 atom stereocenters. The predicted molar refractivity (Wildman–Crippen MR) is 98.3 cm³/mol. The van der Waals surface area contributed by atoms with Crippen LogP contribution in [0.15, 0.2) is 53.0 Å². The zero-order valence-corrected chi connectivity index (χ0v) is 15.7. The zero-order valence-electron chi connectivity index (χ0n) is 14.1. The van der Waals surface area contributed by atoms with Crippen LogP contribution in [0.2, 0.25) is 0 Å². The summed E-state index contributed by atoms with van der Waals surface area (Å²) in [5, 5.41) is 2.83. The molecule has 130 valence electrons. The van der Waals surface area contributed by atoms with Crippen molar-refractivity contribution in [3.8, 4) is 5.75 Å². The van der Waals surface area contributed by atoms with E-state index in [0.29, 0.717) is 12.2 Å². The summed E-state index contributed by atoms with van der Waals surface area (Å²) in [4.78, 5) is 26.5. The normalized spacial score (nSPS) is 19.9. The van der Waals surface area contributed by atoms with Gasteiger partial charge in [0.1, 0.15) is 11.3 Å². The first kappa shape index (κ1) is 17.5. The van der Waals surface area contributed by atoms with E-state index in [2.05, 4.69) is 21.2 Å². The number of carbonyl (C=O) groups is 2. The number of carbonyl (C=O) groups excluding carboxylic acids is 2. The highest BCUT2D eigenvalue weighted by atomic mass is 79.9. The number of imide groups is 1. The maximum atomic E-state index is 12.9. The topological polar surface area (TPSA) is 58.6 Å². The van der Waals surface area contributed by atoms with Crippen molar-refractivity contribution in [3.05, 3.63) is 64.1 Å². The van der Waals surface area contributed by atoms with E-state index in [0.717, 1.165) is 15.6 Å². The summed E-state index contributed by atoms with van der Waals surface area (Å²) in [5.41, 5.74) is 0.793. The molecule has 0 saturated carbocycles. The first-order chi connectivity index (χ1) is 11.9. The Labute approximate surface area is 155 Å². The molecular formula is C19H19BrN2O3. The Balaban J connectivity index is 1.80. The van der Waals surface area contributed by atoms with E-state index < -0.39 is 5.54 Å². The van der Waals surface area contributed by atoms with Crippen molar-refractivity contribution < 1.29 is 14.3 Å². The van der Waals surface area contributed by atoms with Gasteiger partial charge >= 0.3 is 6.03 Å². The minimum atomic E-state index is -0.985. The highest BCUT2D eigenvalue weighted by molar-refractivity contribution is 9.10. The van der Waals surface area contributed by atoms with Crippen LogP contribution < -0.4 is 10.1 Å². The number of hydrogen-bond acceptors (Lipinski definition) is 3. The molecule has 0 aliphatic carbocycles. The highest BCUT2D eigenvalue weighted by Crippen LogP contribution is 2.28.